The average Bonchev–Trinajstić information content (AvgIpc) is 2.99. The molecule has 6 heteroatoms. The monoisotopic (exact) mass is 432 g/mol. The third-order valence-corrected chi connectivity index (χ3v) is 9.78. The van der Waals surface area contributed by atoms with E-state index >= 15 is 0 Å². The largest absolute Gasteiger partial charge is 0.458 e. The average molecular weight is 433 g/mol. The molecule has 4 aliphatic carbocycles. The van der Waals surface area contributed by atoms with Gasteiger partial charge in [0.15, 0.2) is 12.2 Å². The van der Waals surface area contributed by atoms with Crippen LogP contribution in [-0.4, -0.2) is 35.7 Å². The first-order valence-corrected chi connectivity index (χ1v) is 11.9. The van der Waals surface area contributed by atoms with Crippen molar-refractivity contribution in [3.63, 3.8) is 0 Å². The molecule has 172 valence electrons. The third-order valence-electron chi connectivity index (χ3n) is 9.78. The van der Waals surface area contributed by atoms with E-state index in [1.807, 2.05) is 0 Å². The Morgan fingerprint density at radius 1 is 0.935 bits per heavy atom. The summed E-state index contributed by atoms with van der Waals surface area (Å²) in [5, 5.41) is 0. The zero-order chi connectivity index (χ0) is 22.6. The highest BCUT2D eigenvalue weighted by Gasteiger charge is 2.69. The predicted molar refractivity (Wildman–Crippen MR) is 113 cm³/mol. The molecule has 0 aromatic rings. The normalized spacial score (nSPS) is 43.9. The molecule has 7 atom stereocenters. The second-order valence-corrected chi connectivity index (χ2v) is 11.0. The Balaban J connectivity index is 1.64. The first kappa shape index (κ1) is 22.5. The van der Waals surface area contributed by atoms with Crippen molar-refractivity contribution >= 4 is 23.5 Å². The quantitative estimate of drug-likeness (QED) is 0.623. The van der Waals surface area contributed by atoms with Crippen LogP contribution in [0.4, 0.5) is 0 Å². The highest BCUT2D eigenvalue weighted by molar-refractivity contribution is 5.93. The SMILES string of the molecule is CC(=O)OCC(=O)[C@@]1(OC(C)=O)CC[C@@H]2[C@H]3CC[C@H]4CC(=O)CC[C@]4(C)[C@H]3CC[C@@]21C. The first-order valence-electron chi connectivity index (χ1n) is 11.9. The molecule has 0 radical (unpaired) electrons. The molecular weight excluding hydrogens is 396 g/mol. The van der Waals surface area contributed by atoms with E-state index in [2.05, 4.69) is 13.8 Å². The van der Waals surface area contributed by atoms with Crippen molar-refractivity contribution in [2.24, 2.45) is 34.5 Å². The molecule has 0 unspecified atom stereocenters. The van der Waals surface area contributed by atoms with Crippen LogP contribution in [0.2, 0.25) is 0 Å². The highest BCUT2D eigenvalue weighted by Crippen LogP contribution is 2.68. The van der Waals surface area contributed by atoms with Gasteiger partial charge >= 0.3 is 11.9 Å². The summed E-state index contributed by atoms with van der Waals surface area (Å²) in [6.07, 6.45) is 7.67. The smallest absolute Gasteiger partial charge is 0.303 e. The third kappa shape index (κ3) is 3.36. The number of ketones is 2. The van der Waals surface area contributed by atoms with Crippen molar-refractivity contribution in [3.05, 3.63) is 0 Å². The van der Waals surface area contributed by atoms with Gasteiger partial charge in [-0.1, -0.05) is 13.8 Å². The van der Waals surface area contributed by atoms with Gasteiger partial charge in [-0.15, -0.1) is 0 Å². The maximum Gasteiger partial charge on any atom is 0.303 e. The number of carbonyl (C=O) groups excluding carboxylic acids is 4. The van der Waals surface area contributed by atoms with Gasteiger partial charge in [0.05, 0.1) is 0 Å². The Morgan fingerprint density at radius 2 is 1.65 bits per heavy atom. The lowest BCUT2D eigenvalue weighted by molar-refractivity contribution is -0.194. The maximum absolute atomic E-state index is 13.4. The van der Waals surface area contributed by atoms with Crippen LogP contribution >= 0.6 is 0 Å². The number of fused-ring (bicyclic) bond motifs is 5. The molecule has 0 aliphatic heterocycles. The van der Waals surface area contributed by atoms with Crippen LogP contribution in [0.15, 0.2) is 0 Å². The Morgan fingerprint density at radius 3 is 2.32 bits per heavy atom. The molecule has 0 aromatic carbocycles. The zero-order valence-electron chi connectivity index (χ0n) is 19.3. The lowest BCUT2D eigenvalue weighted by Gasteiger charge is -2.61. The van der Waals surface area contributed by atoms with Crippen LogP contribution in [0.5, 0.6) is 0 Å². The van der Waals surface area contributed by atoms with Gasteiger partial charge in [-0.2, -0.15) is 0 Å². The van der Waals surface area contributed by atoms with E-state index in [0.717, 1.165) is 44.9 Å². The van der Waals surface area contributed by atoms with E-state index in [1.165, 1.54) is 13.8 Å². The van der Waals surface area contributed by atoms with Gasteiger partial charge in [0.1, 0.15) is 5.78 Å². The Hall–Kier alpha value is -1.72. The van der Waals surface area contributed by atoms with Crippen LogP contribution in [0, 0.1) is 34.5 Å². The van der Waals surface area contributed by atoms with E-state index in [4.69, 9.17) is 9.47 Å². The number of Topliss-reactive ketones (excluding diaryl/α,β-unsaturated/α-hetero) is 2. The molecule has 0 saturated heterocycles. The van der Waals surface area contributed by atoms with Gasteiger partial charge in [0.2, 0.25) is 5.78 Å². The van der Waals surface area contributed by atoms with E-state index in [-0.39, 0.29) is 17.8 Å². The first-order chi connectivity index (χ1) is 14.5. The summed E-state index contributed by atoms with van der Waals surface area (Å²) in [5.41, 5.74) is -1.48. The fourth-order valence-corrected chi connectivity index (χ4v) is 8.26. The number of ether oxygens (including phenoxy) is 2. The van der Waals surface area contributed by atoms with Crippen LogP contribution < -0.4 is 0 Å². The number of rotatable bonds is 4. The number of hydrogen-bond donors (Lipinski definition) is 0. The second kappa shape index (κ2) is 7.70. The van der Waals surface area contributed by atoms with Gasteiger partial charge in [0, 0.05) is 32.1 Å². The van der Waals surface area contributed by atoms with Crippen LogP contribution in [0.1, 0.15) is 85.5 Å². The molecule has 4 aliphatic rings. The van der Waals surface area contributed by atoms with Crippen molar-refractivity contribution in [2.75, 3.05) is 6.61 Å². The summed E-state index contributed by atoms with van der Waals surface area (Å²) in [6.45, 7) is 6.80. The standard InChI is InChI=1S/C25H36O6/c1-15(26)30-14-22(29)25(31-16(2)27)12-9-21-19-6-5-17-13-18(28)7-10-23(17,3)20(19)8-11-24(21,25)4/h17,19-21H,5-14H2,1-4H3/t17-,19-,20-,21+,23-,24-,25-/m0/s1. The van der Waals surface area contributed by atoms with Crippen molar-refractivity contribution in [2.45, 2.75) is 91.1 Å². The number of hydrogen-bond acceptors (Lipinski definition) is 6. The van der Waals surface area contributed by atoms with Crippen LogP contribution in [-0.2, 0) is 28.7 Å². The molecule has 0 heterocycles. The molecule has 4 saturated carbocycles. The molecule has 31 heavy (non-hydrogen) atoms. The summed E-state index contributed by atoms with van der Waals surface area (Å²) >= 11 is 0. The second-order valence-electron chi connectivity index (χ2n) is 11.0. The topological polar surface area (TPSA) is 86.7 Å². The van der Waals surface area contributed by atoms with Crippen molar-refractivity contribution in [3.8, 4) is 0 Å². The predicted octanol–water partition coefficient (Wildman–Crippen LogP) is 4.03. The fraction of sp³-hybridized carbons (Fsp3) is 0.840. The summed E-state index contributed by atoms with van der Waals surface area (Å²) in [4.78, 5) is 48.9. The lowest BCUT2D eigenvalue weighted by atomic mass is 9.44. The zero-order valence-corrected chi connectivity index (χ0v) is 19.3. The lowest BCUT2D eigenvalue weighted by Crippen LogP contribution is -2.60. The highest BCUT2D eigenvalue weighted by atomic mass is 16.6. The molecular formula is C25H36O6. The molecule has 6 nitrogen and oxygen atoms in total. The van der Waals surface area contributed by atoms with Crippen molar-refractivity contribution in [1.29, 1.82) is 0 Å². The fourth-order valence-electron chi connectivity index (χ4n) is 8.26. The molecule has 0 aromatic heterocycles. The Labute approximate surface area is 184 Å². The summed E-state index contributed by atoms with van der Waals surface area (Å²) in [6, 6.07) is 0. The molecule has 4 fully saturated rings. The van der Waals surface area contributed by atoms with Gasteiger partial charge in [-0.05, 0) is 74.0 Å². The summed E-state index contributed by atoms with van der Waals surface area (Å²) in [7, 11) is 0. The Bertz CT molecular complexity index is 804. The molecule has 0 N–H and O–H groups in total. The number of carbonyl (C=O) groups is 4. The van der Waals surface area contributed by atoms with E-state index in [1.54, 1.807) is 0 Å². The minimum atomic E-state index is -1.22. The van der Waals surface area contributed by atoms with Crippen molar-refractivity contribution < 1.29 is 28.7 Å². The van der Waals surface area contributed by atoms with Crippen molar-refractivity contribution in [1.82, 2.24) is 0 Å². The molecule has 4 rings (SSSR count). The minimum absolute atomic E-state index is 0.187. The van der Waals surface area contributed by atoms with E-state index in [9.17, 15) is 19.2 Å². The van der Waals surface area contributed by atoms with Gasteiger partial charge in [-0.3, -0.25) is 19.2 Å². The van der Waals surface area contributed by atoms with Crippen LogP contribution in [0.3, 0.4) is 0 Å². The minimum Gasteiger partial charge on any atom is -0.458 e. The summed E-state index contributed by atoms with van der Waals surface area (Å²) in [5.74, 6) is 0.958. The molecule has 0 spiro atoms. The van der Waals surface area contributed by atoms with Gasteiger partial charge in [-0.25, -0.2) is 0 Å². The maximum atomic E-state index is 13.4. The van der Waals surface area contributed by atoms with Gasteiger partial charge in [0.25, 0.3) is 0 Å². The Kier molecular flexibility index (Phi) is 5.58. The van der Waals surface area contributed by atoms with E-state index < -0.39 is 23.0 Å². The van der Waals surface area contributed by atoms with Gasteiger partial charge < -0.3 is 9.47 Å². The number of esters is 2. The molecule has 0 amide bonds. The van der Waals surface area contributed by atoms with Crippen LogP contribution in [0.25, 0.3) is 0 Å². The summed E-state index contributed by atoms with van der Waals surface area (Å²) < 4.78 is 10.9. The van der Waals surface area contributed by atoms with E-state index in [0.29, 0.717) is 42.3 Å². The molecule has 0 bridgehead atoms.